The molecule has 4 aliphatic carbocycles. The number of hydrogen-bond acceptors (Lipinski definition) is 20. The molecule has 3 saturated carbocycles. The molecule has 1 aliphatic heterocycles. The van der Waals surface area contributed by atoms with Crippen molar-refractivity contribution in [3.05, 3.63) is 165 Å². The number of carboxylic acids is 2. The van der Waals surface area contributed by atoms with Crippen molar-refractivity contribution in [3.63, 3.8) is 0 Å². The van der Waals surface area contributed by atoms with Crippen LogP contribution in [0.25, 0.3) is 22.5 Å². The van der Waals surface area contributed by atoms with Gasteiger partial charge in [-0.25, -0.2) is 23.9 Å². The van der Waals surface area contributed by atoms with Crippen molar-refractivity contribution < 1.29 is 118 Å². The summed E-state index contributed by atoms with van der Waals surface area (Å²) in [5.41, 5.74) is 13.2. The third kappa shape index (κ3) is 14.5. The first kappa shape index (κ1) is 70.8. The number of Topliss-reactive ketones (excluding diaryl/α,β-unsaturated/α-hetero) is 1. The fraction of sp³-hybridized carbons (Fsp3) is 0.435. The van der Waals surface area contributed by atoms with E-state index in [2.05, 4.69) is 10.4 Å². The van der Waals surface area contributed by atoms with Crippen molar-refractivity contribution in [1.29, 1.82) is 0 Å². The van der Waals surface area contributed by atoms with Gasteiger partial charge in [0.1, 0.15) is 23.9 Å². The number of nitrogens with one attached hydrogen (secondary N) is 3. The number of benzene rings is 4. The van der Waals surface area contributed by atoms with E-state index in [0.29, 0.717) is 15.1 Å². The SMILES string of the molecule is CC(=O)O[C@H]1C(=O)[C@@]2(C)[C@H]([C@H](OC(=O)c3ccccc3)[C@]3(O)C[C@H](OC(=O)[C@H](O)[C@@H](NC(=O)c4ccccc4)c4ccccc4)C(C)=C1C3(C)C)[C@]1(OC(C)=O)CO[C@@H]1C[C@@H]2O.Nc1n[n+]([O-])c2ccccc2[n+]1[O-].O=C(O)C(=O)O.[NH-][C@@H]1CCCC[C@H]1[NH-].[Pt+2]. The topological polar surface area (TPSA) is 436 Å². The van der Waals surface area contributed by atoms with Crippen LogP contribution in [0.15, 0.2) is 126 Å². The minimum Gasteiger partial charge on any atom is -0.739 e. The van der Waals surface area contributed by atoms with Gasteiger partial charge < -0.3 is 76.4 Å². The number of ether oxygens (including phenoxy) is 5. The Morgan fingerprint density at radius 1 is 0.778 bits per heavy atom. The van der Waals surface area contributed by atoms with Crippen LogP contribution in [0.3, 0.4) is 0 Å². The van der Waals surface area contributed by atoms with Gasteiger partial charge in [0.05, 0.1) is 35.6 Å². The molecule has 1 aromatic heterocycles. The summed E-state index contributed by atoms with van der Waals surface area (Å²) in [4.78, 5) is 102. The number of carbonyl (C=O) groups is 8. The first-order chi connectivity index (χ1) is 41.9. The van der Waals surface area contributed by atoms with E-state index in [0.717, 1.165) is 26.7 Å². The number of carbonyl (C=O) groups excluding carboxylic acids is 6. The van der Waals surface area contributed by atoms with Crippen molar-refractivity contribution in [2.45, 2.75) is 146 Å². The van der Waals surface area contributed by atoms with E-state index in [1.54, 1.807) is 105 Å². The van der Waals surface area contributed by atoms with Gasteiger partial charge >= 0.3 is 62.8 Å². The maximum Gasteiger partial charge on any atom is 2.00 e. The number of aliphatic carboxylic acids is 2. The Balaban J connectivity index is 0.000000376. The summed E-state index contributed by atoms with van der Waals surface area (Å²) < 4.78 is 30.7. The molecule has 1 amide bonds. The Labute approximate surface area is 530 Å². The minimum absolute atomic E-state index is 0. The number of aromatic nitrogens is 3. The van der Waals surface area contributed by atoms with Crippen LogP contribution in [0.2, 0.25) is 0 Å². The Kier molecular flexibility index (Phi) is 22.9. The van der Waals surface area contributed by atoms with Crippen LogP contribution < -0.4 is 20.6 Å². The number of amides is 1. The Morgan fingerprint density at radius 3 is 1.80 bits per heavy atom. The van der Waals surface area contributed by atoms with Crippen LogP contribution >= 0.6 is 0 Å². The molecule has 5 aromatic rings. The van der Waals surface area contributed by atoms with Gasteiger partial charge in [0, 0.05) is 48.6 Å². The fourth-order valence-corrected chi connectivity index (χ4v) is 12.4. The number of ketones is 1. The summed E-state index contributed by atoms with van der Waals surface area (Å²) in [5, 5.41) is 80.7. The van der Waals surface area contributed by atoms with E-state index in [1.165, 1.54) is 51.0 Å². The molecule has 484 valence electrons. The number of carboxylic acid groups (broad SMARTS) is 2. The molecule has 13 atom stereocenters. The molecular formula is C62H71N7O20Pt. The molecule has 0 unspecified atom stereocenters. The molecule has 28 heteroatoms. The van der Waals surface area contributed by atoms with Crippen molar-refractivity contribution in [1.82, 2.24) is 10.4 Å². The first-order valence-corrected chi connectivity index (χ1v) is 28.4. The van der Waals surface area contributed by atoms with Gasteiger partial charge in [0.15, 0.2) is 29.1 Å². The average molecular weight is 1430 g/mol. The van der Waals surface area contributed by atoms with Crippen LogP contribution in [0, 0.1) is 27.2 Å². The number of nitrogens with two attached hydrogens (primary N) is 1. The quantitative estimate of drug-likeness (QED) is 0.0255. The van der Waals surface area contributed by atoms with Gasteiger partial charge in [-0.3, -0.25) is 24.9 Å². The minimum atomic E-state index is -2.39. The summed E-state index contributed by atoms with van der Waals surface area (Å²) in [5.74, 6) is -10.8. The smallest absolute Gasteiger partial charge is 0.739 e. The molecule has 2 heterocycles. The zero-order valence-electron chi connectivity index (χ0n) is 49.8. The van der Waals surface area contributed by atoms with Crippen LogP contribution in [0.5, 0.6) is 0 Å². The number of fused-ring (bicyclic) bond motifs is 6. The summed E-state index contributed by atoms with van der Waals surface area (Å²) in [6.45, 7) is 7.97. The second-order valence-corrected chi connectivity index (χ2v) is 23.0. The predicted octanol–water partition coefficient (Wildman–Crippen LogP) is 4.37. The van der Waals surface area contributed by atoms with E-state index < -0.39 is 125 Å². The number of aliphatic hydroxyl groups excluding tert-OH is 2. The average Bonchev–Trinajstić information content (AvgIpc) is 0.718. The summed E-state index contributed by atoms with van der Waals surface area (Å²) in [6.07, 6.45) is -6.27. The Bertz CT molecular complexity index is 3470. The molecular weight excluding hydrogens is 1360 g/mol. The van der Waals surface area contributed by atoms with E-state index in [9.17, 15) is 49.7 Å². The van der Waals surface area contributed by atoms with Crippen molar-refractivity contribution >= 4 is 64.5 Å². The molecule has 1 saturated heterocycles. The summed E-state index contributed by atoms with van der Waals surface area (Å²) in [6, 6.07) is 29.1. The monoisotopic (exact) mass is 1430 g/mol. The predicted molar refractivity (Wildman–Crippen MR) is 312 cm³/mol. The van der Waals surface area contributed by atoms with E-state index >= 15 is 4.79 Å². The third-order valence-electron chi connectivity index (χ3n) is 17.1. The number of rotatable bonds is 10. The molecule has 10 N–H and O–H groups in total. The van der Waals surface area contributed by atoms with Gasteiger partial charge in [-0.05, 0) is 60.9 Å². The fourth-order valence-electron chi connectivity index (χ4n) is 12.4. The van der Waals surface area contributed by atoms with E-state index in [1.807, 2.05) is 0 Å². The molecule has 0 spiro atoms. The summed E-state index contributed by atoms with van der Waals surface area (Å²) in [7, 11) is 0. The Morgan fingerprint density at radius 2 is 1.30 bits per heavy atom. The zero-order valence-corrected chi connectivity index (χ0v) is 52.1. The van der Waals surface area contributed by atoms with Crippen LogP contribution in [-0.4, -0.2) is 145 Å². The first-order valence-electron chi connectivity index (χ1n) is 28.4. The number of esters is 4. The third-order valence-corrected chi connectivity index (χ3v) is 17.1. The normalized spacial score (nSPS) is 27.5. The van der Waals surface area contributed by atoms with Gasteiger partial charge in [0.25, 0.3) is 11.4 Å². The van der Waals surface area contributed by atoms with Gasteiger partial charge in [-0.15, -0.1) is 0 Å². The van der Waals surface area contributed by atoms with Crippen molar-refractivity contribution in [3.8, 4) is 0 Å². The van der Waals surface area contributed by atoms with Crippen LogP contribution in [0.1, 0.15) is 112 Å². The molecule has 2 bridgehead atoms. The number of para-hydroxylation sites is 2. The second kappa shape index (κ2) is 29.1. The molecule has 27 nitrogen and oxygen atoms in total. The largest absolute Gasteiger partial charge is 2.00 e. The van der Waals surface area contributed by atoms with Crippen LogP contribution in [-0.2, 0) is 73.5 Å². The molecule has 5 aliphatic rings. The molecule has 4 fully saturated rings. The standard InChI is InChI=1S/C47H51NO14.C7H6N4O2.C6H12N2.C2H2O4.Pt/c1-25-31(60-43(56)36(52)35(28-16-10-7-11-17-28)48-41(54)29-18-12-8-13-19-29)23-47(57)40(61-42(55)30-20-14-9-15-21-30)38-45(6,32(51)22-33-46(38,24-58-33)62-27(3)50)39(53)37(59-26(2)49)34(25)44(47,4)5;8-7-9-11(13)6-4-2-1-3-5(6)10(7)12;7-5-3-1-2-4-6(5)8;3-1(4)2(5)6;/h7-21,31-33,35-38,40,51-52,57H,22-24H2,1-6H3,(H,48,54);1-4H,(H2,8,9);5-8H,1-4H2;(H,3,4)(H,5,6);/q;;-2;;+2/t31-,32-,33+,35-,36+,37+,38-,40-,45+,46-,47+;;5-,6-;;/m0.1../s1. The zero-order chi connectivity index (χ0) is 65.5. The maximum atomic E-state index is 15.5. The van der Waals surface area contributed by atoms with Gasteiger partial charge in [0.2, 0.25) is 5.10 Å². The maximum absolute atomic E-state index is 15.5. The molecule has 90 heavy (non-hydrogen) atoms. The number of aliphatic hydroxyl groups is 3. The molecule has 0 radical (unpaired) electrons. The number of nitrogen functional groups attached to an aromatic ring is 1. The van der Waals surface area contributed by atoms with Crippen molar-refractivity contribution in [2.24, 2.45) is 16.7 Å². The van der Waals surface area contributed by atoms with E-state index in [-0.39, 0.29) is 85.4 Å². The second-order valence-electron chi connectivity index (χ2n) is 23.0. The summed E-state index contributed by atoms with van der Waals surface area (Å²) >= 11 is 0. The van der Waals surface area contributed by atoms with Gasteiger partial charge in [-0.1, -0.05) is 118 Å². The number of hydrogen-bond donors (Lipinski definition) is 7. The molecule has 4 aromatic carbocycles. The Hall–Kier alpha value is -8.30. The van der Waals surface area contributed by atoms with Gasteiger partial charge in [-0.2, -0.15) is 12.1 Å². The number of nitrogens with zero attached hydrogens (tertiary/aromatic N) is 3. The van der Waals surface area contributed by atoms with E-state index in [4.69, 9.17) is 60.7 Å². The molecule has 10 rings (SSSR count). The number of anilines is 1. The van der Waals surface area contributed by atoms with Crippen molar-refractivity contribution in [2.75, 3.05) is 12.3 Å². The van der Waals surface area contributed by atoms with Crippen LogP contribution in [0.4, 0.5) is 5.95 Å².